The van der Waals surface area contributed by atoms with E-state index in [1.807, 2.05) is 13.0 Å². The minimum atomic E-state index is -0.253. The lowest BCUT2D eigenvalue weighted by Crippen LogP contribution is -2.30. The maximum Gasteiger partial charge on any atom is 0.123 e. The number of nitrogens with zero attached hydrogens (tertiary/aromatic N) is 1. The summed E-state index contributed by atoms with van der Waals surface area (Å²) in [5, 5.41) is 0.541. The van der Waals surface area contributed by atoms with Crippen LogP contribution in [0, 0.1) is 12.7 Å². The van der Waals surface area contributed by atoms with Crippen LogP contribution in [-0.2, 0) is 6.42 Å². The molecule has 0 radical (unpaired) electrons. The number of rotatable bonds is 4. The second-order valence-electron chi connectivity index (χ2n) is 4.39. The van der Waals surface area contributed by atoms with E-state index in [1.54, 1.807) is 18.5 Å². The van der Waals surface area contributed by atoms with E-state index in [1.165, 1.54) is 12.1 Å². The summed E-state index contributed by atoms with van der Waals surface area (Å²) in [6.07, 6.45) is 3.79. The van der Waals surface area contributed by atoms with Gasteiger partial charge >= 0.3 is 0 Å². The van der Waals surface area contributed by atoms with Crippen molar-refractivity contribution >= 4 is 11.6 Å². The van der Waals surface area contributed by atoms with E-state index < -0.39 is 0 Å². The normalized spacial score (nSPS) is 12.4. The van der Waals surface area contributed by atoms with Crippen LogP contribution in [0.15, 0.2) is 36.7 Å². The molecule has 3 N–H and O–H groups in total. The predicted molar refractivity (Wildman–Crippen MR) is 74.2 cm³/mol. The number of pyridine rings is 1. The lowest BCUT2D eigenvalue weighted by Gasteiger charge is -2.18. The first-order valence-electron chi connectivity index (χ1n) is 5.92. The largest absolute Gasteiger partial charge is 0.271 e. The topological polar surface area (TPSA) is 50.9 Å². The standard InChI is InChI=1S/C14H15ClFN3/c1-9-2-3-11(16)6-10(9)7-14(19-17)12-4-5-18-8-13(12)15/h2-6,8,14,19H,7,17H2,1H3. The fraction of sp³-hybridized carbons (Fsp3) is 0.214. The van der Waals surface area contributed by atoms with E-state index in [4.69, 9.17) is 17.4 Å². The second-order valence-corrected chi connectivity index (χ2v) is 4.80. The van der Waals surface area contributed by atoms with Crippen LogP contribution in [-0.4, -0.2) is 4.98 Å². The first-order valence-corrected chi connectivity index (χ1v) is 6.30. The number of benzene rings is 1. The molecule has 0 amide bonds. The molecule has 2 rings (SSSR count). The van der Waals surface area contributed by atoms with Crippen molar-refractivity contribution < 1.29 is 4.39 Å². The molecule has 1 heterocycles. The van der Waals surface area contributed by atoms with E-state index in [9.17, 15) is 4.39 Å². The Hall–Kier alpha value is -1.49. The molecule has 5 heteroatoms. The van der Waals surface area contributed by atoms with Gasteiger partial charge in [0.15, 0.2) is 0 Å². The van der Waals surface area contributed by atoms with Crippen molar-refractivity contribution in [1.29, 1.82) is 0 Å². The van der Waals surface area contributed by atoms with Crippen molar-refractivity contribution in [1.82, 2.24) is 10.4 Å². The Morgan fingerprint density at radius 1 is 1.42 bits per heavy atom. The Bertz CT molecular complexity index is 574. The number of aryl methyl sites for hydroxylation is 1. The zero-order valence-electron chi connectivity index (χ0n) is 10.5. The smallest absolute Gasteiger partial charge is 0.123 e. The van der Waals surface area contributed by atoms with E-state index in [0.717, 1.165) is 16.7 Å². The Morgan fingerprint density at radius 2 is 2.21 bits per heavy atom. The highest BCUT2D eigenvalue weighted by Crippen LogP contribution is 2.25. The molecule has 0 aliphatic carbocycles. The summed E-state index contributed by atoms with van der Waals surface area (Å²) in [5.74, 6) is 5.33. The fourth-order valence-electron chi connectivity index (χ4n) is 2.01. The molecule has 1 atom stereocenters. The molecule has 0 aliphatic rings. The van der Waals surface area contributed by atoms with Gasteiger partial charge in [0.2, 0.25) is 0 Å². The van der Waals surface area contributed by atoms with E-state index >= 15 is 0 Å². The summed E-state index contributed by atoms with van der Waals surface area (Å²) >= 11 is 6.10. The van der Waals surface area contributed by atoms with Crippen LogP contribution in [0.4, 0.5) is 4.39 Å². The van der Waals surface area contributed by atoms with Crippen molar-refractivity contribution in [3.63, 3.8) is 0 Å². The van der Waals surface area contributed by atoms with Gasteiger partial charge in [0.25, 0.3) is 0 Å². The van der Waals surface area contributed by atoms with Crippen LogP contribution < -0.4 is 11.3 Å². The second kappa shape index (κ2) is 6.10. The van der Waals surface area contributed by atoms with Crippen LogP contribution in [0.3, 0.4) is 0 Å². The molecule has 0 saturated heterocycles. The Balaban J connectivity index is 2.29. The number of hydrogen-bond donors (Lipinski definition) is 2. The highest BCUT2D eigenvalue weighted by molar-refractivity contribution is 6.31. The Kier molecular flexibility index (Phi) is 4.47. The van der Waals surface area contributed by atoms with Crippen LogP contribution in [0.5, 0.6) is 0 Å². The van der Waals surface area contributed by atoms with Crippen LogP contribution in [0.2, 0.25) is 5.02 Å². The monoisotopic (exact) mass is 279 g/mol. The molecule has 1 unspecified atom stereocenters. The van der Waals surface area contributed by atoms with Crippen molar-refractivity contribution in [2.75, 3.05) is 0 Å². The molecule has 1 aromatic heterocycles. The number of hydrogen-bond acceptors (Lipinski definition) is 3. The minimum Gasteiger partial charge on any atom is -0.271 e. The third-order valence-corrected chi connectivity index (χ3v) is 3.43. The van der Waals surface area contributed by atoms with E-state index in [2.05, 4.69) is 10.4 Å². The lowest BCUT2D eigenvalue weighted by atomic mass is 9.97. The fourth-order valence-corrected chi connectivity index (χ4v) is 2.26. The van der Waals surface area contributed by atoms with Crippen LogP contribution >= 0.6 is 11.6 Å². The number of nitrogens with one attached hydrogen (secondary N) is 1. The van der Waals surface area contributed by atoms with Crippen molar-refractivity contribution in [3.8, 4) is 0 Å². The third-order valence-electron chi connectivity index (χ3n) is 3.12. The highest BCUT2D eigenvalue weighted by Gasteiger charge is 2.15. The van der Waals surface area contributed by atoms with Crippen molar-refractivity contribution in [2.45, 2.75) is 19.4 Å². The summed E-state index contributed by atoms with van der Waals surface area (Å²) < 4.78 is 13.3. The van der Waals surface area contributed by atoms with Gasteiger partial charge in [-0.05, 0) is 48.2 Å². The van der Waals surface area contributed by atoms with Crippen molar-refractivity contribution in [2.24, 2.45) is 5.84 Å². The predicted octanol–water partition coefficient (Wildman–Crippen LogP) is 2.93. The van der Waals surface area contributed by atoms with Gasteiger partial charge in [-0.2, -0.15) is 0 Å². The maximum absolute atomic E-state index is 13.3. The summed E-state index contributed by atoms with van der Waals surface area (Å²) in [7, 11) is 0. The zero-order valence-corrected chi connectivity index (χ0v) is 11.3. The van der Waals surface area contributed by atoms with Crippen LogP contribution in [0.25, 0.3) is 0 Å². The molecule has 0 fully saturated rings. The summed E-state index contributed by atoms with van der Waals surface area (Å²) in [4.78, 5) is 3.94. The third kappa shape index (κ3) is 3.29. The van der Waals surface area contributed by atoms with Gasteiger partial charge in [0.1, 0.15) is 5.82 Å². The number of hydrazine groups is 1. The molecule has 0 spiro atoms. The molecular weight excluding hydrogens is 265 g/mol. The van der Waals surface area contributed by atoms with Gasteiger partial charge in [-0.15, -0.1) is 0 Å². The van der Waals surface area contributed by atoms with Gasteiger partial charge in [-0.25, -0.2) is 4.39 Å². The highest BCUT2D eigenvalue weighted by atomic mass is 35.5. The Labute approximate surface area is 116 Å². The molecule has 0 aliphatic heterocycles. The first kappa shape index (κ1) is 13.9. The molecule has 19 heavy (non-hydrogen) atoms. The number of halogens is 2. The quantitative estimate of drug-likeness (QED) is 0.668. The van der Waals surface area contributed by atoms with Crippen molar-refractivity contribution in [3.05, 3.63) is 64.2 Å². The summed E-state index contributed by atoms with van der Waals surface area (Å²) in [6, 6.07) is 6.35. The average Bonchev–Trinajstić information content (AvgIpc) is 2.41. The molecular formula is C14H15ClFN3. The first-order chi connectivity index (χ1) is 9.11. The molecule has 3 nitrogen and oxygen atoms in total. The van der Waals surface area contributed by atoms with Crippen LogP contribution in [0.1, 0.15) is 22.7 Å². The van der Waals surface area contributed by atoms with Gasteiger partial charge < -0.3 is 0 Å². The molecule has 100 valence electrons. The SMILES string of the molecule is Cc1ccc(F)cc1CC(NN)c1ccncc1Cl. The summed E-state index contributed by atoms with van der Waals surface area (Å²) in [5.41, 5.74) is 5.49. The maximum atomic E-state index is 13.3. The lowest BCUT2D eigenvalue weighted by molar-refractivity contribution is 0.547. The minimum absolute atomic E-state index is 0.184. The number of aromatic nitrogens is 1. The molecule has 0 saturated carbocycles. The average molecular weight is 280 g/mol. The molecule has 2 aromatic rings. The van der Waals surface area contributed by atoms with Gasteiger partial charge in [0.05, 0.1) is 11.1 Å². The van der Waals surface area contributed by atoms with Gasteiger partial charge in [0, 0.05) is 12.4 Å². The molecule has 0 bridgehead atoms. The number of nitrogens with two attached hydrogens (primary N) is 1. The van der Waals surface area contributed by atoms with Gasteiger partial charge in [-0.3, -0.25) is 16.3 Å². The molecule has 1 aromatic carbocycles. The van der Waals surface area contributed by atoms with Gasteiger partial charge in [-0.1, -0.05) is 17.7 Å². The van der Waals surface area contributed by atoms with E-state index in [-0.39, 0.29) is 11.9 Å². The zero-order chi connectivity index (χ0) is 13.8. The Morgan fingerprint density at radius 3 is 2.89 bits per heavy atom. The van der Waals surface area contributed by atoms with E-state index in [0.29, 0.717) is 11.4 Å². The summed E-state index contributed by atoms with van der Waals surface area (Å²) in [6.45, 7) is 1.94.